The third kappa shape index (κ3) is 2.95. The summed E-state index contributed by atoms with van der Waals surface area (Å²) in [5, 5.41) is 11.8. The highest BCUT2D eigenvalue weighted by Gasteiger charge is 2.43. The third-order valence-electron chi connectivity index (χ3n) is 2.86. The van der Waals surface area contributed by atoms with Crippen molar-refractivity contribution in [2.45, 2.75) is 25.0 Å². The summed E-state index contributed by atoms with van der Waals surface area (Å²) >= 11 is 0. The molecule has 0 saturated heterocycles. The summed E-state index contributed by atoms with van der Waals surface area (Å²) in [6, 6.07) is 5.56. The van der Waals surface area contributed by atoms with Crippen LogP contribution in [0.5, 0.6) is 5.75 Å². The van der Waals surface area contributed by atoms with Crippen LogP contribution in [0.25, 0.3) is 0 Å². The predicted molar refractivity (Wildman–Crippen MR) is 59.6 cm³/mol. The maximum Gasteiger partial charge on any atom is 0.387 e. The number of aliphatic hydroxyl groups is 1. The second kappa shape index (κ2) is 4.89. The number of aliphatic hydroxyl groups excluding tert-OH is 1. The predicted octanol–water partition coefficient (Wildman–Crippen LogP) is 1.54. The Hall–Kier alpha value is -1.69. The van der Waals surface area contributed by atoms with Crippen molar-refractivity contribution in [3.8, 4) is 5.75 Å². The Kier molecular flexibility index (Phi) is 3.47. The van der Waals surface area contributed by atoms with Crippen molar-refractivity contribution in [2.24, 2.45) is 0 Å². The van der Waals surface area contributed by atoms with Crippen LogP contribution in [0.3, 0.4) is 0 Å². The molecule has 4 nitrogen and oxygen atoms in total. The summed E-state index contributed by atoms with van der Waals surface area (Å²) in [5.74, 6) is -0.465. The molecule has 0 heterocycles. The van der Waals surface area contributed by atoms with Crippen LogP contribution < -0.4 is 10.1 Å². The quantitative estimate of drug-likeness (QED) is 0.841. The van der Waals surface area contributed by atoms with E-state index < -0.39 is 18.1 Å². The molecule has 18 heavy (non-hydrogen) atoms. The third-order valence-corrected chi connectivity index (χ3v) is 2.86. The number of halogens is 2. The number of rotatable bonds is 5. The van der Waals surface area contributed by atoms with Crippen molar-refractivity contribution in [2.75, 3.05) is 6.61 Å². The van der Waals surface area contributed by atoms with Crippen molar-refractivity contribution in [3.05, 3.63) is 29.8 Å². The maximum atomic E-state index is 12.0. The number of ether oxygens (including phenoxy) is 1. The van der Waals surface area contributed by atoms with Gasteiger partial charge in [-0.25, -0.2) is 0 Å². The van der Waals surface area contributed by atoms with E-state index in [4.69, 9.17) is 5.11 Å². The number of hydrogen-bond donors (Lipinski definition) is 2. The summed E-state index contributed by atoms with van der Waals surface area (Å²) in [4.78, 5) is 11.8. The van der Waals surface area contributed by atoms with Crippen LogP contribution in [-0.4, -0.2) is 29.8 Å². The first kappa shape index (κ1) is 12.8. The number of carbonyl (C=O) groups excluding carboxylic acids is 1. The second-order valence-corrected chi connectivity index (χ2v) is 4.30. The van der Waals surface area contributed by atoms with Crippen LogP contribution >= 0.6 is 0 Å². The average molecular weight is 257 g/mol. The van der Waals surface area contributed by atoms with Crippen LogP contribution in [0, 0.1) is 0 Å². The summed E-state index contributed by atoms with van der Waals surface area (Å²) in [5.41, 5.74) is -0.302. The van der Waals surface area contributed by atoms with E-state index in [1.54, 1.807) is 0 Å². The van der Waals surface area contributed by atoms with Crippen LogP contribution in [0.2, 0.25) is 0 Å². The first-order valence-corrected chi connectivity index (χ1v) is 5.53. The van der Waals surface area contributed by atoms with Gasteiger partial charge in [-0.05, 0) is 31.0 Å². The van der Waals surface area contributed by atoms with Gasteiger partial charge in [0.2, 0.25) is 0 Å². The Morgan fingerprint density at radius 2 is 2.22 bits per heavy atom. The van der Waals surface area contributed by atoms with E-state index in [9.17, 15) is 13.6 Å². The fourth-order valence-electron chi connectivity index (χ4n) is 1.60. The van der Waals surface area contributed by atoms with E-state index in [-0.39, 0.29) is 17.9 Å². The lowest BCUT2D eigenvalue weighted by Gasteiger charge is -2.14. The number of hydrogen-bond acceptors (Lipinski definition) is 3. The fourth-order valence-corrected chi connectivity index (χ4v) is 1.60. The average Bonchev–Trinajstić information content (AvgIpc) is 3.09. The molecular formula is C12H13F2NO3. The van der Waals surface area contributed by atoms with Gasteiger partial charge >= 0.3 is 6.61 Å². The molecule has 1 aromatic carbocycles. The molecule has 0 radical (unpaired) electrons. The van der Waals surface area contributed by atoms with Crippen molar-refractivity contribution in [3.63, 3.8) is 0 Å². The van der Waals surface area contributed by atoms with Crippen LogP contribution in [-0.2, 0) is 0 Å². The molecule has 0 aliphatic heterocycles. The van der Waals surface area contributed by atoms with Crippen molar-refractivity contribution in [1.29, 1.82) is 0 Å². The van der Waals surface area contributed by atoms with Crippen LogP contribution in [0.4, 0.5) is 8.78 Å². The topological polar surface area (TPSA) is 58.6 Å². The SMILES string of the molecule is O=C(NC1(CO)CC1)c1cccc(OC(F)F)c1. The van der Waals surface area contributed by atoms with E-state index in [1.807, 2.05) is 0 Å². The van der Waals surface area contributed by atoms with Gasteiger partial charge in [0, 0.05) is 5.56 Å². The minimum Gasteiger partial charge on any atom is -0.435 e. The Morgan fingerprint density at radius 1 is 1.50 bits per heavy atom. The summed E-state index contributed by atoms with van der Waals surface area (Å²) < 4.78 is 28.3. The molecule has 0 spiro atoms. The highest BCUT2D eigenvalue weighted by atomic mass is 19.3. The Bertz CT molecular complexity index is 447. The first-order valence-electron chi connectivity index (χ1n) is 5.53. The highest BCUT2D eigenvalue weighted by molar-refractivity contribution is 5.95. The van der Waals surface area contributed by atoms with Gasteiger partial charge < -0.3 is 15.2 Å². The zero-order valence-electron chi connectivity index (χ0n) is 9.53. The van der Waals surface area contributed by atoms with Gasteiger partial charge in [-0.15, -0.1) is 0 Å². The number of benzene rings is 1. The lowest BCUT2D eigenvalue weighted by Crippen LogP contribution is -2.39. The van der Waals surface area contributed by atoms with Gasteiger partial charge in [0.15, 0.2) is 0 Å². The first-order chi connectivity index (χ1) is 8.54. The molecule has 1 amide bonds. The summed E-state index contributed by atoms with van der Waals surface area (Å²) in [7, 11) is 0. The van der Waals surface area contributed by atoms with Gasteiger partial charge in [-0.2, -0.15) is 8.78 Å². The van der Waals surface area contributed by atoms with Gasteiger partial charge in [0.25, 0.3) is 5.91 Å². The molecule has 0 aromatic heterocycles. The molecule has 1 saturated carbocycles. The van der Waals surface area contributed by atoms with E-state index in [2.05, 4.69) is 10.1 Å². The van der Waals surface area contributed by atoms with Gasteiger partial charge in [-0.1, -0.05) is 6.07 Å². The molecule has 2 N–H and O–H groups in total. The van der Waals surface area contributed by atoms with Gasteiger partial charge in [-0.3, -0.25) is 4.79 Å². The van der Waals surface area contributed by atoms with Gasteiger partial charge in [0.05, 0.1) is 12.1 Å². The fraction of sp³-hybridized carbons (Fsp3) is 0.417. The molecule has 1 aliphatic rings. The number of alkyl halides is 2. The number of carbonyl (C=O) groups is 1. The van der Waals surface area contributed by atoms with Crippen molar-refractivity contribution in [1.82, 2.24) is 5.32 Å². The largest absolute Gasteiger partial charge is 0.435 e. The maximum absolute atomic E-state index is 12.0. The normalized spacial score (nSPS) is 16.4. The molecule has 0 bridgehead atoms. The van der Waals surface area contributed by atoms with E-state index >= 15 is 0 Å². The lowest BCUT2D eigenvalue weighted by atomic mass is 10.2. The van der Waals surface area contributed by atoms with E-state index in [0.29, 0.717) is 0 Å². The van der Waals surface area contributed by atoms with Crippen LogP contribution in [0.1, 0.15) is 23.2 Å². The lowest BCUT2D eigenvalue weighted by molar-refractivity contribution is -0.0498. The number of nitrogens with one attached hydrogen (secondary N) is 1. The Morgan fingerprint density at radius 3 is 2.78 bits per heavy atom. The number of amides is 1. The molecule has 98 valence electrons. The molecule has 0 unspecified atom stereocenters. The zero-order valence-corrected chi connectivity index (χ0v) is 9.53. The van der Waals surface area contributed by atoms with Gasteiger partial charge in [0.1, 0.15) is 5.75 Å². The van der Waals surface area contributed by atoms with Crippen LogP contribution in [0.15, 0.2) is 24.3 Å². The van der Waals surface area contributed by atoms with Crippen molar-refractivity contribution < 1.29 is 23.4 Å². The Balaban J connectivity index is 2.06. The second-order valence-electron chi connectivity index (χ2n) is 4.30. The highest BCUT2D eigenvalue weighted by Crippen LogP contribution is 2.34. The summed E-state index contributed by atoms with van der Waals surface area (Å²) in [6.07, 6.45) is 1.45. The summed E-state index contributed by atoms with van der Waals surface area (Å²) in [6.45, 7) is -3.04. The molecule has 6 heteroatoms. The minimum atomic E-state index is -2.92. The Labute approximate surface area is 103 Å². The van der Waals surface area contributed by atoms with E-state index in [1.165, 1.54) is 24.3 Å². The minimum absolute atomic E-state index is 0.0634. The molecule has 0 atom stereocenters. The molecular weight excluding hydrogens is 244 g/mol. The molecule has 2 rings (SSSR count). The standard InChI is InChI=1S/C12H13F2NO3/c13-11(14)18-9-3-1-2-8(6-9)10(17)15-12(7-16)4-5-12/h1-3,6,11,16H,4-5,7H2,(H,15,17). The zero-order chi connectivity index (χ0) is 13.2. The molecule has 1 aromatic rings. The monoisotopic (exact) mass is 257 g/mol. The molecule has 1 fully saturated rings. The van der Waals surface area contributed by atoms with E-state index in [0.717, 1.165) is 12.8 Å². The molecule has 1 aliphatic carbocycles. The smallest absolute Gasteiger partial charge is 0.387 e. The van der Waals surface area contributed by atoms with Crippen molar-refractivity contribution >= 4 is 5.91 Å².